The van der Waals surface area contributed by atoms with Crippen molar-refractivity contribution in [2.75, 3.05) is 0 Å². The van der Waals surface area contributed by atoms with E-state index in [4.69, 9.17) is 11.6 Å². The first kappa shape index (κ1) is 12.4. The predicted molar refractivity (Wildman–Crippen MR) is 74.4 cm³/mol. The third kappa shape index (κ3) is 3.24. The van der Waals surface area contributed by atoms with E-state index in [2.05, 4.69) is 28.1 Å². The molecule has 1 fully saturated rings. The van der Waals surface area contributed by atoms with Gasteiger partial charge in [-0.3, -0.25) is 0 Å². The van der Waals surface area contributed by atoms with Crippen LogP contribution in [0.2, 0.25) is 5.02 Å². The van der Waals surface area contributed by atoms with Gasteiger partial charge in [0.15, 0.2) is 0 Å². The van der Waals surface area contributed by atoms with Gasteiger partial charge in [-0.1, -0.05) is 65.0 Å². The van der Waals surface area contributed by atoms with Gasteiger partial charge in [-0.2, -0.15) is 0 Å². The van der Waals surface area contributed by atoms with E-state index in [1.54, 1.807) is 0 Å². The minimum absolute atomic E-state index is 0.590. The Bertz CT molecular complexity index is 331. The summed E-state index contributed by atoms with van der Waals surface area (Å²) < 4.78 is 0. The second kappa shape index (κ2) is 6.07. The van der Waals surface area contributed by atoms with Crippen LogP contribution in [0.1, 0.15) is 37.7 Å². The summed E-state index contributed by atoms with van der Waals surface area (Å²) in [6.07, 6.45) is 8.03. The predicted octanol–water partition coefficient (Wildman–Crippen LogP) is 5.23. The van der Waals surface area contributed by atoms with Crippen molar-refractivity contribution >= 4 is 27.5 Å². The van der Waals surface area contributed by atoms with Gasteiger partial charge >= 0.3 is 0 Å². The van der Waals surface area contributed by atoms with Crippen LogP contribution >= 0.6 is 27.5 Å². The quantitative estimate of drug-likeness (QED) is 0.671. The Morgan fingerprint density at radius 2 is 1.88 bits per heavy atom. The standard InChI is InChI=1S/C14H18BrCl/c15-13(11-6-2-1-3-7-11)10-12-8-4-5-9-14(12)16/h4-5,8-9,11,13H,1-3,6-7,10H2. The Morgan fingerprint density at radius 3 is 2.56 bits per heavy atom. The third-order valence-corrected chi connectivity index (χ3v) is 4.97. The fraction of sp³-hybridized carbons (Fsp3) is 0.571. The van der Waals surface area contributed by atoms with Crippen LogP contribution < -0.4 is 0 Å². The van der Waals surface area contributed by atoms with Gasteiger partial charge < -0.3 is 0 Å². The molecule has 0 heterocycles. The molecule has 1 atom stereocenters. The highest BCUT2D eigenvalue weighted by molar-refractivity contribution is 9.09. The number of halogens is 2. The minimum Gasteiger partial charge on any atom is -0.0884 e. The molecule has 1 aromatic carbocycles. The van der Waals surface area contributed by atoms with Gasteiger partial charge in [-0.15, -0.1) is 0 Å². The van der Waals surface area contributed by atoms with Gasteiger partial charge in [0, 0.05) is 9.85 Å². The molecule has 0 spiro atoms. The lowest BCUT2D eigenvalue weighted by Crippen LogP contribution is -2.19. The summed E-state index contributed by atoms with van der Waals surface area (Å²) in [4.78, 5) is 0.590. The van der Waals surface area contributed by atoms with E-state index < -0.39 is 0 Å². The van der Waals surface area contributed by atoms with E-state index in [0.717, 1.165) is 17.4 Å². The van der Waals surface area contributed by atoms with E-state index in [-0.39, 0.29) is 0 Å². The Balaban J connectivity index is 1.96. The molecule has 1 aliphatic rings. The fourth-order valence-corrected chi connectivity index (χ4v) is 3.63. The van der Waals surface area contributed by atoms with Crippen molar-refractivity contribution < 1.29 is 0 Å². The molecule has 0 aromatic heterocycles. The van der Waals surface area contributed by atoms with Crippen LogP contribution in [0, 0.1) is 5.92 Å². The molecule has 0 bridgehead atoms. The lowest BCUT2D eigenvalue weighted by Gasteiger charge is -2.26. The number of hydrogen-bond acceptors (Lipinski definition) is 0. The van der Waals surface area contributed by atoms with Gasteiger partial charge in [-0.05, 0) is 36.8 Å². The molecule has 16 heavy (non-hydrogen) atoms. The molecule has 1 unspecified atom stereocenters. The van der Waals surface area contributed by atoms with Crippen molar-refractivity contribution in [3.05, 3.63) is 34.9 Å². The Labute approximate surface area is 112 Å². The van der Waals surface area contributed by atoms with Gasteiger partial charge in [0.1, 0.15) is 0 Å². The van der Waals surface area contributed by atoms with Crippen molar-refractivity contribution in [2.45, 2.75) is 43.4 Å². The van der Waals surface area contributed by atoms with Crippen LogP contribution in [-0.4, -0.2) is 4.83 Å². The summed E-state index contributed by atoms with van der Waals surface area (Å²) in [6, 6.07) is 8.19. The van der Waals surface area contributed by atoms with Crippen LogP contribution in [0.25, 0.3) is 0 Å². The van der Waals surface area contributed by atoms with Gasteiger partial charge in [-0.25, -0.2) is 0 Å². The van der Waals surface area contributed by atoms with E-state index in [9.17, 15) is 0 Å². The van der Waals surface area contributed by atoms with Gasteiger partial charge in [0.05, 0.1) is 0 Å². The zero-order chi connectivity index (χ0) is 11.4. The van der Waals surface area contributed by atoms with Crippen molar-refractivity contribution in [1.29, 1.82) is 0 Å². The molecule has 2 heteroatoms. The largest absolute Gasteiger partial charge is 0.0884 e. The summed E-state index contributed by atoms with van der Waals surface area (Å²) in [5, 5.41) is 0.905. The Kier molecular flexibility index (Phi) is 4.72. The molecule has 0 nitrogen and oxygen atoms in total. The second-order valence-corrected chi connectivity index (χ2v) is 6.29. The molecule has 1 saturated carbocycles. The maximum Gasteiger partial charge on any atom is 0.0438 e. The van der Waals surface area contributed by atoms with Crippen LogP contribution in [0.5, 0.6) is 0 Å². The molecule has 88 valence electrons. The average Bonchev–Trinajstić information content (AvgIpc) is 2.33. The molecular weight excluding hydrogens is 284 g/mol. The first-order valence-corrected chi connectivity index (χ1v) is 7.44. The van der Waals surface area contributed by atoms with E-state index in [0.29, 0.717) is 4.83 Å². The zero-order valence-electron chi connectivity index (χ0n) is 9.46. The van der Waals surface area contributed by atoms with E-state index in [1.165, 1.54) is 37.7 Å². The highest BCUT2D eigenvalue weighted by Crippen LogP contribution is 2.32. The van der Waals surface area contributed by atoms with Crippen LogP contribution in [-0.2, 0) is 6.42 Å². The molecule has 0 radical (unpaired) electrons. The van der Waals surface area contributed by atoms with Gasteiger partial charge in [0.25, 0.3) is 0 Å². The average molecular weight is 302 g/mol. The maximum absolute atomic E-state index is 6.19. The summed E-state index contributed by atoms with van der Waals surface area (Å²) in [5.41, 5.74) is 1.27. The van der Waals surface area contributed by atoms with Crippen molar-refractivity contribution in [1.82, 2.24) is 0 Å². The molecular formula is C14H18BrCl. The lowest BCUT2D eigenvalue weighted by atomic mass is 9.85. The zero-order valence-corrected chi connectivity index (χ0v) is 11.8. The van der Waals surface area contributed by atoms with Gasteiger partial charge in [0.2, 0.25) is 0 Å². The summed E-state index contributed by atoms with van der Waals surface area (Å²) in [6.45, 7) is 0. The first-order valence-electron chi connectivity index (χ1n) is 6.15. The molecule has 2 rings (SSSR count). The first-order chi connectivity index (χ1) is 7.77. The molecule has 0 N–H and O–H groups in total. The fourth-order valence-electron chi connectivity index (χ4n) is 2.54. The number of hydrogen-bond donors (Lipinski definition) is 0. The molecule has 0 saturated heterocycles. The van der Waals surface area contributed by atoms with Crippen molar-refractivity contribution in [2.24, 2.45) is 5.92 Å². The summed E-state index contributed by atoms with van der Waals surface area (Å²) >= 11 is 10.0. The summed E-state index contributed by atoms with van der Waals surface area (Å²) in [5.74, 6) is 0.838. The molecule has 0 amide bonds. The van der Waals surface area contributed by atoms with Crippen molar-refractivity contribution in [3.63, 3.8) is 0 Å². The smallest absolute Gasteiger partial charge is 0.0438 e. The second-order valence-electron chi connectivity index (χ2n) is 4.71. The Morgan fingerprint density at radius 1 is 1.19 bits per heavy atom. The minimum atomic E-state index is 0.590. The highest BCUT2D eigenvalue weighted by Gasteiger charge is 2.21. The topological polar surface area (TPSA) is 0 Å². The van der Waals surface area contributed by atoms with Crippen LogP contribution in [0.4, 0.5) is 0 Å². The van der Waals surface area contributed by atoms with E-state index >= 15 is 0 Å². The Hall–Kier alpha value is -0.0100. The van der Waals surface area contributed by atoms with Crippen LogP contribution in [0.15, 0.2) is 24.3 Å². The third-order valence-electron chi connectivity index (χ3n) is 3.53. The number of alkyl halides is 1. The number of rotatable bonds is 3. The lowest BCUT2D eigenvalue weighted by molar-refractivity contribution is 0.350. The summed E-state index contributed by atoms with van der Waals surface area (Å²) in [7, 11) is 0. The normalized spacial score (nSPS) is 19.6. The SMILES string of the molecule is Clc1ccccc1CC(Br)C1CCCCC1. The number of benzene rings is 1. The molecule has 1 aliphatic carbocycles. The van der Waals surface area contributed by atoms with Crippen LogP contribution in [0.3, 0.4) is 0 Å². The highest BCUT2D eigenvalue weighted by atomic mass is 79.9. The molecule has 0 aliphatic heterocycles. The van der Waals surface area contributed by atoms with E-state index in [1.807, 2.05) is 12.1 Å². The maximum atomic E-state index is 6.19. The monoisotopic (exact) mass is 300 g/mol. The van der Waals surface area contributed by atoms with Crippen molar-refractivity contribution in [3.8, 4) is 0 Å². The molecule has 1 aromatic rings.